The van der Waals surface area contributed by atoms with Gasteiger partial charge >= 0.3 is 16.2 Å². The van der Waals surface area contributed by atoms with Crippen LogP contribution in [0.25, 0.3) is 0 Å². The summed E-state index contributed by atoms with van der Waals surface area (Å²) >= 11 is 0. The van der Waals surface area contributed by atoms with E-state index in [0.29, 0.717) is 31.7 Å². The van der Waals surface area contributed by atoms with Crippen LogP contribution in [-0.4, -0.2) is 48.6 Å². The maximum absolute atomic E-state index is 12.2. The first-order valence-electron chi connectivity index (χ1n) is 6.46. The molecule has 0 amide bonds. The first-order chi connectivity index (χ1) is 9.53. The molecule has 9 heteroatoms. The number of nitrogens with one attached hydrogen (secondary N) is 2. The summed E-state index contributed by atoms with van der Waals surface area (Å²) in [6.07, 6.45) is 4.11. The quantitative estimate of drug-likeness (QED) is 0.763. The average Bonchev–Trinajstić information content (AvgIpc) is 2.91. The van der Waals surface area contributed by atoms with Gasteiger partial charge in [-0.05, 0) is 19.8 Å². The molecule has 1 atom stereocenters. The zero-order chi connectivity index (χ0) is 14.6. The largest absolute Gasteiger partial charge is 0.466 e. The summed E-state index contributed by atoms with van der Waals surface area (Å²) in [4.78, 5) is 11.7. The van der Waals surface area contributed by atoms with E-state index in [9.17, 15) is 13.2 Å². The number of esters is 1. The summed E-state index contributed by atoms with van der Waals surface area (Å²) in [5.41, 5.74) is 0.364. The minimum Gasteiger partial charge on any atom is -0.466 e. The number of carbonyl (C=O) groups is 1. The van der Waals surface area contributed by atoms with Gasteiger partial charge in [-0.25, -0.2) is 0 Å². The van der Waals surface area contributed by atoms with Crippen LogP contribution in [0.1, 0.15) is 19.8 Å². The monoisotopic (exact) mass is 302 g/mol. The van der Waals surface area contributed by atoms with Crippen LogP contribution < -0.4 is 4.72 Å². The summed E-state index contributed by atoms with van der Waals surface area (Å²) in [5, 5.41) is 6.20. The predicted molar refractivity (Wildman–Crippen MR) is 72.1 cm³/mol. The predicted octanol–water partition coefficient (Wildman–Crippen LogP) is 0.342. The summed E-state index contributed by atoms with van der Waals surface area (Å²) in [6.45, 7) is 2.57. The van der Waals surface area contributed by atoms with Gasteiger partial charge in [-0.2, -0.15) is 17.8 Å². The van der Waals surface area contributed by atoms with Gasteiger partial charge in [-0.1, -0.05) is 0 Å². The third-order valence-electron chi connectivity index (χ3n) is 3.09. The van der Waals surface area contributed by atoms with Gasteiger partial charge in [0.15, 0.2) is 0 Å². The second kappa shape index (κ2) is 6.23. The molecule has 112 valence electrons. The zero-order valence-corrected chi connectivity index (χ0v) is 12.0. The van der Waals surface area contributed by atoms with E-state index < -0.39 is 16.1 Å². The highest BCUT2D eigenvalue weighted by Gasteiger charge is 2.33. The van der Waals surface area contributed by atoms with Crippen molar-refractivity contribution in [2.24, 2.45) is 5.92 Å². The average molecular weight is 302 g/mol. The number of aromatic nitrogens is 2. The van der Waals surface area contributed by atoms with Gasteiger partial charge in [-0.15, -0.1) is 0 Å². The Morgan fingerprint density at radius 1 is 1.65 bits per heavy atom. The van der Waals surface area contributed by atoms with Crippen LogP contribution in [-0.2, 0) is 19.7 Å². The third kappa shape index (κ3) is 3.48. The van der Waals surface area contributed by atoms with Gasteiger partial charge in [0, 0.05) is 19.3 Å². The van der Waals surface area contributed by atoms with Crippen LogP contribution in [0.15, 0.2) is 12.4 Å². The van der Waals surface area contributed by atoms with E-state index in [-0.39, 0.29) is 12.5 Å². The topological polar surface area (TPSA) is 104 Å². The third-order valence-corrected chi connectivity index (χ3v) is 4.59. The van der Waals surface area contributed by atoms with Crippen molar-refractivity contribution in [1.82, 2.24) is 14.5 Å². The molecule has 1 aromatic heterocycles. The molecule has 1 fully saturated rings. The molecule has 0 saturated carbocycles. The number of H-pyrrole nitrogens is 1. The lowest BCUT2D eigenvalue weighted by Gasteiger charge is -2.30. The Morgan fingerprint density at radius 3 is 3.10 bits per heavy atom. The maximum Gasteiger partial charge on any atom is 0.310 e. The minimum absolute atomic E-state index is 0.145. The van der Waals surface area contributed by atoms with E-state index in [2.05, 4.69) is 14.9 Å². The van der Waals surface area contributed by atoms with E-state index in [4.69, 9.17) is 4.74 Å². The van der Waals surface area contributed by atoms with Crippen LogP contribution in [0, 0.1) is 5.92 Å². The lowest BCUT2D eigenvalue weighted by molar-refractivity contribution is -0.149. The molecule has 8 nitrogen and oxygen atoms in total. The van der Waals surface area contributed by atoms with Crippen molar-refractivity contribution in [2.45, 2.75) is 19.8 Å². The summed E-state index contributed by atoms with van der Waals surface area (Å²) in [7, 11) is -3.67. The zero-order valence-electron chi connectivity index (χ0n) is 11.2. The normalized spacial score (nSPS) is 20.6. The number of ether oxygens (including phenoxy) is 1. The molecule has 2 N–H and O–H groups in total. The van der Waals surface area contributed by atoms with Crippen LogP contribution in [0.3, 0.4) is 0 Å². The number of nitrogens with zero attached hydrogens (tertiary/aromatic N) is 2. The van der Waals surface area contributed by atoms with E-state index in [1.807, 2.05) is 0 Å². The van der Waals surface area contributed by atoms with Crippen molar-refractivity contribution in [3.8, 4) is 0 Å². The number of carbonyl (C=O) groups excluding carboxylic acids is 1. The molecule has 2 rings (SSSR count). The van der Waals surface area contributed by atoms with Crippen LogP contribution in [0.4, 0.5) is 5.69 Å². The van der Waals surface area contributed by atoms with E-state index in [1.54, 1.807) is 6.92 Å². The fraction of sp³-hybridized carbons (Fsp3) is 0.636. The molecular weight excluding hydrogens is 284 g/mol. The highest BCUT2D eigenvalue weighted by Crippen LogP contribution is 2.21. The number of rotatable bonds is 5. The van der Waals surface area contributed by atoms with Crippen molar-refractivity contribution in [1.29, 1.82) is 0 Å². The first-order valence-corrected chi connectivity index (χ1v) is 7.90. The molecule has 0 spiro atoms. The molecule has 1 saturated heterocycles. The van der Waals surface area contributed by atoms with E-state index in [0.717, 1.165) is 0 Å². The number of anilines is 1. The van der Waals surface area contributed by atoms with Gasteiger partial charge in [0.2, 0.25) is 0 Å². The second-order valence-corrected chi connectivity index (χ2v) is 6.21. The van der Waals surface area contributed by atoms with Gasteiger partial charge in [0.25, 0.3) is 0 Å². The molecule has 2 heterocycles. The molecular formula is C11H18N4O4S. The molecule has 0 bridgehead atoms. The molecule has 1 unspecified atom stereocenters. The van der Waals surface area contributed by atoms with Gasteiger partial charge < -0.3 is 4.74 Å². The summed E-state index contributed by atoms with van der Waals surface area (Å²) < 4.78 is 33.0. The van der Waals surface area contributed by atoms with Crippen LogP contribution in [0.2, 0.25) is 0 Å². The highest BCUT2D eigenvalue weighted by molar-refractivity contribution is 7.90. The Bertz CT molecular complexity index is 543. The summed E-state index contributed by atoms with van der Waals surface area (Å²) in [6, 6.07) is 0. The molecule has 0 aromatic carbocycles. The molecule has 0 radical (unpaired) electrons. The highest BCUT2D eigenvalue weighted by atomic mass is 32.2. The fourth-order valence-corrected chi connectivity index (χ4v) is 3.42. The van der Waals surface area contributed by atoms with Gasteiger partial charge in [-0.3, -0.25) is 14.6 Å². The molecule has 20 heavy (non-hydrogen) atoms. The molecule has 1 aliphatic heterocycles. The number of aromatic amines is 1. The molecule has 1 aliphatic rings. The Kier molecular flexibility index (Phi) is 4.61. The Morgan fingerprint density at radius 2 is 2.45 bits per heavy atom. The molecule has 1 aromatic rings. The van der Waals surface area contributed by atoms with Crippen molar-refractivity contribution >= 4 is 21.9 Å². The fourth-order valence-electron chi connectivity index (χ4n) is 2.13. The van der Waals surface area contributed by atoms with E-state index in [1.165, 1.54) is 16.7 Å². The summed E-state index contributed by atoms with van der Waals surface area (Å²) in [5.74, 6) is -0.736. The Hall–Kier alpha value is -1.61. The lowest BCUT2D eigenvalue weighted by atomic mass is 10.0. The van der Waals surface area contributed by atoms with Crippen LogP contribution >= 0.6 is 0 Å². The maximum atomic E-state index is 12.2. The van der Waals surface area contributed by atoms with E-state index >= 15 is 0 Å². The van der Waals surface area contributed by atoms with Crippen molar-refractivity contribution in [2.75, 3.05) is 24.4 Å². The minimum atomic E-state index is -3.67. The number of hydrogen-bond acceptors (Lipinski definition) is 5. The number of hydrogen-bond donors (Lipinski definition) is 2. The van der Waals surface area contributed by atoms with Crippen molar-refractivity contribution in [3.63, 3.8) is 0 Å². The lowest BCUT2D eigenvalue weighted by Crippen LogP contribution is -2.45. The van der Waals surface area contributed by atoms with Gasteiger partial charge in [0.05, 0.1) is 24.4 Å². The standard InChI is InChI=1S/C11H18N4O4S/c1-2-19-11(16)9-4-3-5-15(8-9)20(17,18)14-10-6-12-13-7-10/h6-7,9,14H,2-5,8H2,1H3,(H,12,13). The van der Waals surface area contributed by atoms with Crippen molar-refractivity contribution in [3.05, 3.63) is 12.4 Å². The molecule has 0 aliphatic carbocycles. The van der Waals surface area contributed by atoms with Crippen molar-refractivity contribution < 1.29 is 17.9 Å². The smallest absolute Gasteiger partial charge is 0.310 e. The number of piperidine rings is 1. The SMILES string of the molecule is CCOC(=O)C1CCCN(S(=O)(=O)Nc2cn[nH]c2)C1. The Labute approximate surface area is 117 Å². The van der Waals surface area contributed by atoms with Crippen LogP contribution in [0.5, 0.6) is 0 Å². The second-order valence-electron chi connectivity index (χ2n) is 4.54. The Balaban J connectivity index is 2.02. The van der Waals surface area contributed by atoms with Gasteiger partial charge in [0.1, 0.15) is 0 Å². The first kappa shape index (κ1) is 14.8.